The number of ether oxygens (including phenoxy) is 3. The lowest BCUT2D eigenvalue weighted by molar-refractivity contribution is 0.0952. The summed E-state index contributed by atoms with van der Waals surface area (Å²) in [5.41, 5.74) is 2.67. The van der Waals surface area contributed by atoms with Crippen molar-refractivity contribution in [3.05, 3.63) is 47.8 Å². The van der Waals surface area contributed by atoms with Gasteiger partial charge in [0.1, 0.15) is 5.82 Å². The van der Waals surface area contributed by atoms with Crippen molar-refractivity contribution in [2.75, 3.05) is 27.9 Å². The van der Waals surface area contributed by atoms with E-state index in [1.165, 1.54) is 39.7 Å². The van der Waals surface area contributed by atoms with E-state index in [1.54, 1.807) is 12.1 Å². The molecule has 0 fully saturated rings. The van der Waals surface area contributed by atoms with Crippen molar-refractivity contribution in [1.29, 1.82) is 0 Å². The maximum Gasteiger partial charge on any atom is 0.251 e. The van der Waals surface area contributed by atoms with Crippen molar-refractivity contribution in [3.63, 3.8) is 0 Å². The van der Waals surface area contributed by atoms with E-state index in [0.29, 0.717) is 29.4 Å². The molecular formula is C25H33N3O4. The van der Waals surface area contributed by atoms with Gasteiger partial charge in [-0.05, 0) is 37.1 Å². The van der Waals surface area contributed by atoms with Gasteiger partial charge in [-0.3, -0.25) is 4.79 Å². The number of unbranched alkanes of at least 4 members (excludes halogenated alkanes) is 2. The van der Waals surface area contributed by atoms with Gasteiger partial charge < -0.3 is 24.1 Å². The molecule has 0 bridgehead atoms. The van der Waals surface area contributed by atoms with Crippen LogP contribution in [0, 0.1) is 0 Å². The zero-order valence-electron chi connectivity index (χ0n) is 19.4. The van der Waals surface area contributed by atoms with E-state index >= 15 is 0 Å². The first-order valence-electron chi connectivity index (χ1n) is 11.1. The molecule has 0 aliphatic carbocycles. The van der Waals surface area contributed by atoms with E-state index in [2.05, 4.69) is 35.0 Å². The normalized spacial score (nSPS) is 10.9. The van der Waals surface area contributed by atoms with Crippen molar-refractivity contribution in [3.8, 4) is 17.2 Å². The number of hydrogen-bond acceptors (Lipinski definition) is 5. The summed E-state index contributed by atoms with van der Waals surface area (Å²) in [7, 11) is 4.60. The molecule has 1 amide bonds. The maximum absolute atomic E-state index is 12.7. The van der Waals surface area contributed by atoms with Gasteiger partial charge in [0.05, 0.1) is 32.4 Å². The van der Waals surface area contributed by atoms with Crippen LogP contribution >= 0.6 is 0 Å². The second-order valence-electron chi connectivity index (χ2n) is 7.65. The van der Waals surface area contributed by atoms with Crippen LogP contribution in [0.5, 0.6) is 17.2 Å². The van der Waals surface area contributed by atoms with Crippen LogP contribution in [-0.4, -0.2) is 43.3 Å². The van der Waals surface area contributed by atoms with Crippen LogP contribution in [-0.2, 0) is 13.0 Å². The van der Waals surface area contributed by atoms with Gasteiger partial charge in [-0.25, -0.2) is 4.98 Å². The average Bonchev–Trinajstić information content (AvgIpc) is 3.18. The van der Waals surface area contributed by atoms with Crippen molar-refractivity contribution in [2.24, 2.45) is 0 Å². The number of methoxy groups -OCH3 is 3. The summed E-state index contributed by atoms with van der Waals surface area (Å²) < 4.78 is 18.3. The van der Waals surface area contributed by atoms with Crippen LogP contribution in [0.1, 0.15) is 48.8 Å². The fourth-order valence-corrected chi connectivity index (χ4v) is 3.85. The Labute approximate surface area is 189 Å². The van der Waals surface area contributed by atoms with Crippen LogP contribution < -0.4 is 19.5 Å². The van der Waals surface area contributed by atoms with Crippen LogP contribution in [0.25, 0.3) is 11.0 Å². The van der Waals surface area contributed by atoms with E-state index < -0.39 is 0 Å². The summed E-state index contributed by atoms with van der Waals surface area (Å²) in [4.78, 5) is 17.5. The number of carbonyl (C=O) groups excluding carboxylic acids is 1. The van der Waals surface area contributed by atoms with E-state index in [1.807, 2.05) is 6.07 Å². The minimum atomic E-state index is -0.180. The Morgan fingerprint density at radius 3 is 2.38 bits per heavy atom. The van der Waals surface area contributed by atoms with Crippen LogP contribution in [0.2, 0.25) is 0 Å². The zero-order valence-corrected chi connectivity index (χ0v) is 19.4. The first-order chi connectivity index (χ1) is 15.6. The molecule has 0 saturated heterocycles. The van der Waals surface area contributed by atoms with Gasteiger partial charge in [0.2, 0.25) is 5.75 Å². The summed E-state index contributed by atoms with van der Waals surface area (Å²) in [6, 6.07) is 11.6. The molecule has 3 aromatic rings. The van der Waals surface area contributed by atoms with Crippen molar-refractivity contribution >= 4 is 16.9 Å². The Morgan fingerprint density at radius 2 is 1.72 bits per heavy atom. The minimum Gasteiger partial charge on any atom is -0.493 e. The smallest absolute Gasteiger partial charge is 0.251 e. The monoisotopic (exact) mass is 439 g/mol. The number of carbonyl (C=O) groups is 1. The number of rotatable bonds is 12. The number of fused-ring (bicyclic) bond motifs is 1. The first-order valence-corrected chi connectivity index (χ1v) is 11.1. The lowest BCUT2D eigenvalue weighted by Gasteiger charge is -2.14. The molecule has 1 heterocycles. The van der Waals surface area contributed by atoms with Gasteiger partial charge in [-0.2, -0.15) is 0 Å². The highest BCUT2D eigenvalue weighted by atomic mass is 16.5. The van der Waals surface area contributed by atoms with Crippen LogP contribution in [0.3, 0.4) is 0 Å². The quantitative estimate of drug-likeness (QED) is 0.417. The Hall–Kier alpha value is -3.22. The lowest BCUT2D eigenvalue weighted by atomic mass is 10.1. The van der Waals surface area contributed by atoms with Gasteiger partial charge in [0.15, 0.2) is 11.5 Å². The number of hydrogen-bond donors (Lipinski definition) is 1. The Balaban J connectivity index is 1.63. The fourth-order valence-electron chi connectivity index (χ4n) is 3.85. The molecule has 7 heteroatoms. The number of para-hydroxylation sites is 2. The molecule has 32 heavy (non-hydrogen) atoms. The number of nitrogens with one attached hydrogen (secondary N) is 1. The SMILES string of the molecule is CCCCCn1c(CCCNC(=O)c2cc(OC)c(OC)c(OC)c2)nc2ccccc21. The van der Waals surface area contributed by atoms with Crippen molar-refractivity contribution in [2.45, 2.75) is 45.6 Å². The predicted molar refractivity (Wildman–Crippen MR) is 126 cm³/mol. The largest absolute Gasteiger partial charge is 0.493 e. The first kappa shape index (κ1) is 23.4. The van der Waals surface area contributed by atoms with Gasteiger partial charge in [-0.1, -0.05) is 31.9 Å². The Bertz CT molecular complexity index is 1020. The Kier molecular flexibility index (Phi) is 8.36. The summed E-state index contributed by atoms with van der Waals surface area (Å²) in [6.45, 7) is 3.73. The molecule has 2 aromatic carbocycles. The number of benzene rings is 2. The second kappa shape index (κ2) is 11.4. The Morgan fingerprint density at radius 1 is 1.00 bits per heavy atom. The van der Waals surface area contributed by atoms with E-state index in [-0.39, 0.29) is 5.91 Å². The maximum atomic E-state index is 12.7. The number of amides is 1. The summed E-state index contributed by atoms with van der Waals surface area (Å²) in [6.07, 6.45) is 5.14. The summed E-state index contributed by atoms with van der Waals surface area (Å²) in [5.74, 6) is 2.27. The van der Waals surface area contributed by atoms with Gasteiger partial charge in [0.25, 0.3) is 5.91 Å². The molecule has 1 aromatic heterocycles. The highest BCUT2D eigenvalue weighted by molar-refractivity contribution is 5.95. The van der Waals surface area contributed by atoms with Crippen molar-refractivity contribution in [1.82, 2.24) is 14.9 Å². The van der Waals surface area contributed by atoms with E-state index in [9.17, 15) is 4.79 Å². The topological polar surface area (TPSA) is 74.6 Å². The lowest BCUT2D eigenvalue weighted by Crippen LogP contribution is -2.25. The van der Waals surface area contributed by atoms with Gasteiger partial charge >= 0.3 is 0 Å². The number of nitrogens with zero attached hydrogens (tertiary/aromatic N) is 2. The number of aryl methyl sites for hydroxylation is 2. The molecule has 0 saturated carbocycles. The van der Waals surface area contributed by atoms with Crippen LogP contribution in [0.4, 0.5) is 0 Å². The molecule has 0 atom stereocenters. The number of aromatic nitrogens is 2. The third-order valence-corrected chi connectivity index (χ3v) is 5.51. The zero-order chi connectivity index (χ0) is 22.9. The average molecular weight is 440 g/mol. The minimum absolute atomic E-state index is 0.180. The molecule has 0 aliphatic rings. The molecule has 0 aliphatic heterocycles. The second-order valence-corrected chi connectivity index (χ2v) is 7.65. The molecule has 0 spiro atoms. The van der Waals surface area contributed by atoms with Crippen molar-refractivity contribution < 1.29 is 19.0 Å². The van der Waals surface area contributed by atoms with E-state index in [0.717, 1.165) is 37.1 Å². The standard InChI is InChI=1S/C25H33N3O4/c1-5-6-9-15-28-20-12-8-7-11-19(20)27-23(28)13-10-14-26-25(29)18-16-21(30-2)24(32-4)22(17-18)31-3/h7-8,11-12,16-17H,5-6,9-10,13-15H2,1-4H3,(H,26,29). The molecule has 1 N–H and O–H groups in total. The van der Waals surface area contributed by atoms with E-state index in [4.69, 9.17) is 19.2 Å². The fraction of sp³-hybridized carbons (Fsp3) is 0.440. The third-order valence-electron chi connectivity index (χ3n) is 5.51. The summed E-state index contributed by atoms with van der Waals surface area (Å²) in [5, 5.41) is 2.99. The number of imidazole rings is 1. The molecule has 0 unspecified atom stereocenters. The van der Waals surface area contributed by atoms with Gasteiger partial charge in [0, 0.05) is 25.1 Å². The highest BCUT2D eigenvalue weighted by Gasteiger charge is 2.17. The van der Waals surface area contributed by atoms with Crippen LogP contribution in [0.15, 0.2) is 36.4 Å². The predicted octanol–water partition coefficient (Wildman–Crippen LogP) is 4.61. The molecular weight excluding hydrogens is 406 g/mol. The highest BCUT2D eigenvalue weighted by Crippen LogP contribution is 2.38. The molecule has 3 rings (SSSR count). The molecule has 0 radical (unpaired) electrons. The molecule has 172 valence electrons. The third kappa shape index (κ3) is 5.33. The molecule has 7 nitrogen and oxygen atoms in total. The summed E-state index contributed by atoms with van der Waals surface area (Å²) >= 11 is 0. The van der Waals surface area contributed by atoms with Gasteiger partial charge in [-0.15, -0.1) is 0 Å².